The molecular weight excluding hydrogens is 294 g/mol. The van der Waals surface area contributed by atoms with Crippen molar-refractivity contribution in [3.05, 3.63) is 60.3 Å². The Bertz CT molecular complexity index is 802. The molecule has 0 aliphatic carbocycles. The van der Waals surface area contributed by atoms with Crippen LogP contribution >= 0.6 is 0 Å². The van der Waals surface area contributed by atoms with Crippen LogP contribution in [-0.2, 0) is 19.5 Å². The van der Waals surface area contributed by atoms with Crippen molar-refractivity contribution in [2.24, 2.45) is 0 Å². The third-order valence-electron chi connectivity index (χ3n) is 4.03. The molecule has 4 rings (SSSR count). The van der Waals surface area contributed by atoms with Gasteiger partial charge in [-0.1, -0.05) is 0 Å². The predicted octanol–water partition coefficient (Wildman–Crippen LogP) is 1.47. The second-order valence-corrected chi connectivity index (χ2v) is 5.67. The maximum atomic E-state index is 12.3. The number of amides is 1. The summed E-state index contributed by atoms with van der Waals surface area (Å²) in [5.41, 5.74) is 0. The molecule has 1 unspecified atom stereocenters. The molecule has 1 atom stereocenters. The summed E-state index contributed by atoms with van der Waals surface area (Å²) in [6.45, 7) is 1.27. The van der Waals surface area contributed by atoms with Gasteiger partial charge in [-0.2, -0.15) is 5.10 Å². The van der Waals surface area contributed by atoms with Crippen LogP contribution in [0.15, 0.2) is 47.4 Å². The van der Waals surface area contributed by atoms with Crippen LogP contribution in [0.4, 0.5) is 0 Å². The highest BCUT2D eigenvalue weighted by Gasteiger charge is 2.22. The highest BCUT2D eigenvalue weighted by molar-refractivity contribution is 5.91. The first-order valence-electron chi connectivity index (χ1n) is 7.65. The standard InChI is InChI=1S/C16H17N5O2/c22-16(19-12-2-5-15-17-7-9-20(15)10-12)14-4-3-13(23-14)11-21-8-1-6-18-21/h1,3-4,6-9,12H,2,5,10-11H2,(H,19,22). The molecule has 0 saturated heterocycles. The second-order valence-electron chi connectivity index (χ2n) is 5.67. The van der Waals surface area contributed by atoms with Crippen molar-refractivity contribution < 1.29 is 9.21 Å². The molecule has 0 fully saturated rings. The zero-order chi connectivity index (χ0) is 15.6. The van der Waals surface area contributed by atoms with Crippen molar-refractivity contribution in [2.45, 2.75) is 32.0 Å². The van der Waals surface area contributed by atoms with Crippen molar-refractivity contribution in [1.29, 1.82) is 0 Å². The third kappa shape index (κ3) is 2.90. The van der Waals surface area contributed by atoms with E-state index >= 15 is 0 Å². The van der Waals surface area contributed by atoms with Gasteiger partial charge in [0.25, 0.3) is 5.91 Å². The van der Waals surface area contributed by atoms with E-state index in [-0.39, 0.29) is 11.9 Å². The number of aryl methyl sites for hydroxylation is 1. The summed E-state index contributed by atoms with van der Waals surface area (Å²) in [6, 6.07) is 5.47. The maximum Gasteiger partial charge on any atom is 0.287 e. The molecule has 7 heteroatoms. The van der Waals surface area contributed by atoms with E-state index < -0.39 is 0 Å². The number of nitrogens with one attached hydrogen (secondary N) is 1. The van der Waals surface area contributed by atoms with Crippen LogP contribution in [0.5, 0.6) is 0 Å². The summed E-state index contributed by atoms with van der Waals surface area (Å²) >= 11 is 0. The van der Waals surface area contributed by atoms with E-state index in [1.165, 1.54) is 0 Å². The number of imidazole rings is 1. The smallest absolute Gasteiger partial charge is 0.287 e. The molecule has 1 aliphatic heterocycles. The number of nitrogens with zero attached hydrogens (tertiary/aromatic N) is 4. The summed E-state index contributed by atoms with van der Waals surface area (Å²) in [5.74, 6) is 1.95. The van der Waals surface area contributed by atoms with Gasteiger partial charge in [-0.05, 0) is 24.6 Å². The quantitative estimate of drug-likeness (QED) is 0.791. The summed E-state index contributed by atoms with van der Waals surface area (Å²) in [4.78, 5) is 16.6. The number of carbonyl (C=O) groups is 1. The molecule has 0 spiro atoms. The lowest BCUT2D eigenvalue weighted by Gasteiger charge is -2.24. The molecule has 0 aromatic carbocycles. The summed E-state index contributed by atoms with van der Waals surface area (Å²) in [5, 5.41) is 7.16. The Morgan fingerprint density at radius 1 is 1.35 bits per heavy atom. The average Bonchev–Trinajstić information content (AvgIpc) is 3.28. The first-order chi connectivity index (χ1) is 11.3. The summed E-state index contributed by atoms with van der Waals surface area (Å²) < 4.78 is 9.46. The molecular formula is C16H17N5O2. The van der Waals surface area contributed by atoms with Crippen LogP contribution < -0.4 is 5.32 Å². The number of rotatable bonds is 4. The zero-order valence-corrected chi connectivity index (χ0v) is 12.6. The Balaban J connectivity index is 1.39. The lowest BCUT2D eigenvalue weighted by molar-refractivity contribution is 0.0897. The van der Waals surface area contributed by atoms with Crippen molar-refractivity contribution in [2.75, 3.05) is 0 Å². The monoisotopic (exact) mass is 311 g/mol. The van der Waals surface area contributed by atoms with Crippen LogP contribution in [0.25, 0.3) is 0 Å². The zero-order valence-electron chi connectivity index (χ0n) is 12.6. The average molecular weight is 311 g/mol. The Hall–Kier alpha value is -2.83. The molecule has 0 bridgehead atoms. The Kier molecular flexibility index (Phi) is 3.45. The van der Waals surface area contributed by atoms with E-state index in [0.717, 1.165) is 25.2 Å². The molecule has 7 nitrogen and oxygen atoms in total. The molecule has 1 N–H and O–H groups in total. The minimum Gasteiger partial charge on any atom is -0.454 e. The summed E-state index contributed by atoms with van der Waals surface area (Å²) in [6.07, 6.45) is 9.08. The number of carbonyl (C=O) groups excluding carboxylic acids is 1. The van der Waals surface area contributed by atoms with Gasteiger partial charge in [-0.3, -0.25) is 9.48 Å². The van der Waals surface area contributed by atoms with Crippen LogP contribution in [-0.4, -0.2) is 31.3 Å². The van der Waals surface area contributed by atoms with Gasteiger partial charge in [-0.15, -0.1) is 0 Å². The predicted molar refractivity (Wildman–Crippen MR) is 81.8 cm³/mol. The molecule has 1 aliphatic rings. The highest BCUT2D eigenvalue weighted by atomic mass is 16.4. The van der Waals surface area contributed by atoms with E-state index in [4.69, 9.17) is 4.42 Å². The van der Waals surface area contributed by atoms with E-state index in [0.29, 0.717) is 18.1 Å². The van der Waals surface area contributed by atoms with Crippen molar-refractivity contribution in [3.63, 3.8) is 0 Å². The van der Waals surface area contributed by atoms with Crippen LogP contribution in [0.1, 0.15) is 28.6 Å². The van der Waals surface area contributed by atoms with Crippen molar-refractivity contribution >= 4 is 5.91 Å². The molecule has 3 aromatic heterocycles. The van der Waals surface area contributed by atoms with Gasteiger partial charge >= 0.3 is 0 Å². The molecule has 3 aromatic rings. The molecule has 1 amide bonds. The molecule has 0 radical (unpaired) electrons. The van der Waals surface area contributed by atoms with E-state index in [9.17, 15) is 4.79 Å². The molecule has 4 heterocycles. The fourth-order valence-corrected chi connectivity index (χ4v) is 2.88. The van der Waals surface area contributed by atoms with E-state index in [2.05, 4.69) is 20.0 Å². The maximum absolute atomic E-state index is 12.3. The van der Waals surface area contributed by atoms with Gasteiger partial charge in [0.05, 0.1) is 6.54 Å². The Morgan fingerprint density at radius 3 is 3.17 bits per heavy atom. The topological polar surface area (TPSA) is 77.9 Å². The third-order valence-corrected chi connectivity index (χ3v) is 4.03. The van der Waals surface area contributed by atoms with Crippen molar-refractivity contribution in [3.8, 4) is 0 Å². The van der Waals surface area contributed by atoms with Gasteiger partial charge < -0.3 is 14.3 Å². The number of hydrogen-bond acceptors (Lipinski definition) is 4. The lowest BCUT2D eigenvalue weighted by atomic mass is 10.1. The minimum atomic E-state index is -0.176. The van der Waals surface area contributed by atoms with Crippen LogP contribution in [0.2, 0.25) is 0 Å². The van der Waals surface area contributed by atoms with Gasteiger partial charge in [-0.25, -0.2) is 4.98 Å². The molecule has 118 valence electrons. The number of hydrogen-bond donors (Lipinski definition) is 1. The van der Waals surface area contributed by atoms with Crippen LogP contribution in [0, 0.1) is 0 Å². The SMILES string of the molecule is O=C(NC1CCc2nccn2C1)c1ccc(Cn2cccn2)o1. The number of furan rings is 1. The number of aromatic nitrogens is 4. The molecule has 0 saturated carbocycles. The second kappa shape index (κ2) is 5.75. The van der Waals surface area contributed by atoms with E-state index in [1.807, 2.05) is 24.5 Å². The van der Waals surface area contributed by atoms with Crippen molar-refractivity contribution in [1.82, 2.24) is 24.6 Å². The molecule has 23 heavy (non-hydrogen) atoms. The first kappa shape index (κ1) is 13.8. The van der Waals surface area contributed by atoms with Gasteiger partial charge in [0.1, 0.15) is 11.6 Å². The fourth-order valence-electron chi connectivity index (χ4n) is 2.88. The number of fused-ring (bicyclic) bond motifs is 1. The minimum absolute atomic E-state index is 0.101. The normalized spacial score (nSPS) is 17.0. The fraction of sp³-hybridized carbons (Fsp3) is 0.312. The first-order valence-corrected chi connectivity index (χ1v) is 7.65. The largest absolute Gasteiger partial charge is 0.454 e. The van der Waals surface area contributed by atoms with Gasteiger partial charge in [0, 0.05) is 43.8 Å². The highest BCUT2D eigenvalue weighted by Crippen LogP contribution is 2.15. The summed E-state index contributed by atoms with van der Waals surface area (Å²) in [7, 11) is 0. The lowest BCUT2D eigenvalue weighted by Crippen LogP contribution is -2.40. The van der Waals surface area contributed by atoms with E-state index in [1.54, 1.807) is 23.1 Å². The van der Waals surface area contributed by atoms with Gasteiger partial charge in [0.2, 0.25) is 0 Å². The van der Waals surface area contributed by atoms with Crippen LogP contribution in [0.3, 0.4) is 0 Å². The Labute approximate surface area is 132 Å². The Morgan fingerprint density at radius 2 is 2.30 bits per heavy atom. The van der Waals surface area contributed by atoms with Gasteiger partial charge in [0.15, 0.2) is 5.76 Å².